The van der Waals surface area contributed by atoms with Crippen LogP contribution in [0.25, 0.3) is 0 Å². The van der Waals surface area contributed by atoms with Crippen LogP contribution in [0.3, 0.4) is 0 Å². The number of ether oxygens (including phenoxy) is 2. The Balaban J connectivity index is 2.07. The van der Waals surface area contributed by atoms with Gasteiger partial charge in [0.2, 0.25) is 11.6 Å². The Morgan fingerprint density at radius 2 is 1.86 bits per heavy atom. The summed E-state index contributed by atoms with van der Waals surface area (Å²) in [6, 6.07) is 0. The minimum Gasteiger partial charge on any atom is -0.481 e. The van der Waals surface area contributed by atoms with Gasteiger partial charge in [0.15, 0.2) is 0 Å². The third kappa shape index (κ3) is 1.58. The summed E-state index contributed by atoms with van der Waals surface area (Å²) in [6.07, 6.45) is 3.32. The van der Waals surface area contributed by atoms with Gasteiger partial charge in [0.1, 0.15) is 0 Å². The zero-order valence-corrected chi connectivity index (χ0v) is 14.7. The zero-order chi connectivity index (χ0) is 16.6. The molecule has 126 valence electrons. The van der Waals surface area contributed by atoms with Crippen molar-refractivity contribution < 1.29 is 19.4 Å². The molecule has 0 aromatic heterocycles. The van der Waals surface area contributed by atoms with E-state index in [-0.39, 0.29) is 17.3 Å². The number of epoxide rings is 2. The third-order valence-electron chi connectivity index (χ3n) is 6.75. The maximum Gasteiger partial charge on any atom is 0.310 e. The molecule has 4 heteroatoms. The summed E-state index contributed by atoms with van der Waals surface area (Å²) >= 11 is 0. The Morgan fingerprint density at radius 3 is 2.27 bits per heavy atom. The standard InChI is InChI=1S/C18H30O4/c1-7-8-9-16(14(19)20)10-15(6,12(4)5)18-17(21-18,22-18)13(16)11(2)3/h11-13H,7-10H2,1-6H3,(H,19,20). The molecule has 0 aromatic rings. The first-order valence-corrected chi connectivity index (χ1v) is 8.77. The van der Waals surface area contributed by atoms with E-state index in [4.69, 9.17) is 9.47 Å². The van der Waals surface area contributed by atoms with E-state index in [1.54, 1.807) is 0 Å². The summed E-state index contributed by atoms with van der Waals surface area (Å²) in [5.74, 6) is -1.30. The second-order valence-electron chi connectivity index (χ2n) is 8.52. The number of carboxylic acids is 1. The van der Waals surface area contributed by atoms with Crippen LogP contribution in [0.1, 0.15) is 67.2 Å². The highest BCUT2D eigenvalue weighted by Gasteiger charge is 3.02. The minimum absolute atomic E-state index is 0.0594. The topological polar surface area (TPSA) is 62.4 Å². The van der Waals surface area contributed by atoms with Crippen LogP contribution < -0.4 is 0 Å². The van der Waals surface area contributed by atoms with Crippen LogP contribution >= 0.6 is 0 Å². The van der Waals surface area contributed by atoms with E-state index in [1.165, 1.54) is 0 Å². The van der Waals surface area contributed by atoms with E-state index in [2.05, 4.69) is 41.5 Å². The van der Waals surface area contributed by atoms with Crippen molar-refractivity contribution in [3.05, 3.63) is 0 Å². The highest BCUT2D eigenvalue weighted by atomic mass is 17.0. The van der Waals surface area contributed by atoms with Crippen molar-refractivity contribution in [1.29, 1.82) is 0 Å². The molecule has 0 aromatic carbocycles. The molecule has 2 saturated heterocycles. The molecule has 22 heavy (non-hydrogen) atoms. The lowest BCUT2D eigenvalue weighted by atomic mass is 9.51. The molecular formula is C18H30O4. The summed E-state index contributed by atoms with van der Waals surface area (Å²) < 4.78 is 12.2. The highest BCUT2D eigenvalue weighted by Crippen LogP contribution is 2.86. The third-order valence-corrected chi connectivity index (χ3v) is 6.75. The Morgan fingerprint density at radius 1 is 1.27 bits per heavy atom. The van der Waals surface area contributed by atoms with Gasteiger partial charge in [0.05, 0.1) is 5.41 Å². The van der Waals surface area contributed by atoms with E-state index < -0.39 is 23.0 Å². The monoisotopic (exact) mass is 310 g/mol. The molecule has 1 N–H and O–H groups in total. The van der Waals surface area contributed by atoms with Gasteiger partial charge in [0, 0.05) is 11.3 Å². The number of carboxylic acid groups (broad SMARTS) is 1. The van der Waals surface area contributed by atoms with E-state index in [9.17, 15) is 9.90 Å². The first kappa shape index (κ1) is 16.3. The molecule has 3 rings (SSSR count). The molecule has 3 atom stereocenters. The maximum atomic E-state index is 12.4. The molecule has 0 amide bonds. The van der Waals surface area contributed by atoms with E-state index in [0.29, 0.717) is 18.8 Å². The van der Waals surface area contributed by atoms with Crippen molar-refractivity contribution >= 4 is 5.97 Å². The first-order chi connectivity index (χ1) is 10.1. The van der Waals surface area contributed by atoms with E-state index in [0.717, 1.165) is 12.8 Å². The summed E-state index contributed by atoms with van der Waals surface area (Å²) in [7, 11) is 0. The normalized spacial score (nSPS) is 49.0. The van der Waals surface area contributed by atoms with Crippen molar-refractivity contribution in [2.45, 2.75) is 78.8 Å². The van der Waals surface area contributed by atoms with Gasteiger partial charge in [-0.15, -0.1) is 0 Å². The SMILES string of the molecule is CCCCC1(C(=O)O)CC(C)(C(C)C)C23OC2(O3)C1C(C)C. The van der Waals surface area contributed by atoms with Crippen LogP contribution in [-0.2, 0) is 14.3 Å². The van der Waals surface area contributed by atoms with E-state index >= 15 is 0 Å². The highest BCUT2D eigenvalue weighted by molar-refractivity contribution is 5.76. The molecule has 0 bridgehead atoms. The molecule has 0 radical (unpaired) electrons. The lowest BCUT2D eigenvalue weighted by Gasteiger charge is -2.47. The predicted molar refractivity (Wildman–Crippen MR) is 83.1 cm³/mol. The number of carbonyl (C=O) groups is 1. The number of unbranched alkanes of at least 4 members (excludes halogenated alkanes) is 1. The smallest absolute Gasteiger partial charge is 0.310 e. The largest absolute Gasteiger partial charge is 0.481 e. The summed E-state index contributed by atoms with van der Waals surface area (Å²) in [6.45, 7) is 12.8. The van der Waals surface area contributed by atoms with Crippen molar-refractivity contribution in [3.8, 4) is 0 Å². The lowest BCUT2D eigenvalue weighted by molar-refractivity contribution is -0.167. The van der Waals surface area contributed by atoms with Crippen LogP contribution in [0, 0.1) is 28.6 Å². The number of hydrogen-bond donors (Lipinski definition) is 1. The predicted octanol–water partition coefficient (Wildman–Crippen LogP) is 4.04. The van der Waals surface area contributed by atoms with Gasteiger partial charge >= 0.3 is 5.97 Å². The molecule has 0 spiro atoms. The van der Waals surface area contributed by atoms with Crippen LogP contribution in [0.15, 0.2) is 0 Å². The van der Waals surface area contributed by atoms with Crippen molar-refractivity contribution in [2.24, 2.45) is 28.6 Å². The molecule has 2 heterocycles. The maximum absolute atomic E-state index is 12.4. The molecule has 4 nitrogen and oxygen atoms in total. The first-order valence-electron chi connectivity index (χ1n) is 8.77. The molecular weight excluding hydrogens is 280 g/mol. The quantitative estimate of drug-likeness (QED) is 0.752. The van der Waals surface area contributed by atoms with Crippen molar-refractivity contribution in [1.82, 2.24) is 0 Å². The van der Waals surface area contributed by atoms with Gasteiger partial charge in [-0.2, -0.15) is 0 Å². The number of hydrogen-bond acceptors (Lipinski definition) is 3. The Bertz CT molecular complexity index is 491. The molecule has 2 aliphatic heterocycles. The fraction of sp³-hybridized carbons (Fsp3) is 0.944. The average Bonchev–Trinajstić information content (AvgIpc) is 3.22. The van der Waals surface area contributed by atoms with Crippen LogP contribution in [0.5, 0.6) is 0 Å². The molecule has 1 aliphatic carbocycles. The van der Waals surface area contributed by atoms with E-state index in [1.807, 2.05) is 0 Å². The molecule has 3 aliphatic rings. The van der Waals surface area contributed by atoms with Crippen LogP contribution in [-0.4, -0.2) is 22.7 Å². The second kappa shape index (κ2) is 4.47. The summed E-state index contributed by atoms with van der Waals surface area (Å²) in [5, 5.41) is 10.2. The fourth-order valence-electron chi connectivity index (χ4n) is 5.30. The van der Waals surface area contributed by atoms with Gasteiger partial charge in [-0.3, -0.25) is 4.79 Å². The summed E-state index contributed by atoms with van der Waals surface area (Å²) in [4.78, 5) is 12.4. The summed E-state index contributed by atoms with van der Waals surface area (Å²) in [5.41, 5.74) is -0.968. The Labute approximate surface area is 133 Å². The van der Waals surface area contributed by atoms with Crippen molar-refractivity contribution in [2.75, 3.05) is 0 Å². The van der Waals surface area contributed by atoms with Gasteiger partial charge in [-0.25, -0.2) is 0 Å². The molecule has 3 unspecified atom stereocenters. The van der Waals surface area contributed by atoms with Crippen molar-refractivity contribution in [3.63, 3.8) is 0 Å². The molecule has 3 fully saturated rings. The molecule has 1 saturated carbocycles. The van der Waals surface area contributed by atoms with Gasteiger partial charge < -0.3 is 14.6 Å². The van der Waals surface area contributed by atoms with Crippen LogP contribution in [0.2, 0.25) is 0 Å². The number of aliphatic carboxylic acids is 1. The number of rotatable bonds is 6. The van der Waals surface area contributed by atoms with Crippen LogP contribution in [0.4, 0.5) is 0 Å². The second-order valence-corrected chi connectivity index (χ2v) is 8.52. The minimum atomic E-state index is -0.736. The fourth-order valence-corrected chi connectivity index (χ4v) is 5.30. The Kier molecular flexibility index (Phi) is 3.31. The zero-order valence-electron chi connectivity index (χ0n) is 14.7. The van der Waals surface area contributed by atoms with Gasteiger partial charge in [-0.05, 0) is 24.7 Å². The average molecular weight is 310 g/mol. The lowest BCUT2D eigenvalue weighted by Crippen LogP contribution is -2.54. The Hall–Kier alpha value is -0.610. The van der Waals surface area contributed by atoms with Gasteiger partial charge in [-0.1, -0.05) is 54.4 Å². The van der Waals surface area contributed by atoms with Gasteiger partial charge in [0.25, 0.3) is 0 Å².